The number of anilines is 3. The normalized spacial score (nSPS) is 11.5. The summed E-state index contributed by atoms with van der Waals surface area (Å²) in [5, 5.41) is 4.74. The van der Waals surface area contributed by atoms with Crippen LogP contribution >= 0.6 is 0 Å². The quantitative estimate of drug-likeness (QED) is 0.153. The number of para-hydroxylation sites is 4. The molecule has 0 saturated carbocycles. The molecule has 0 unspecified atom stereocenters. The van der Waals surface area contributed by atoms with Crippen molar-refractivity contribution in [3.63, 3.8) is 0 Å². The van der Waals surface area contributed by atoms with Crippen LogP contribution in [0.2, 0.25) is 0 Å². The monoisotopic (exact) mass is 804 g/mol. The van der Waals surface area contributed by atoms with Crippen LogP contribution in [0.5, 0.6) is 0 Å². The van der Waals surface area contributed by atoms with Gasteiger partial charge >= 0.3 is 0 Å². The van der Waals surface area contributed by atoms with Gasteiger partial charge in [0.2, 0.25) is 0 Å². The van der Waals surface area contributed by atoms with Crippen LogP contribution in [0, 0.1) is 0 Å². The van der Waals surface area contributed by atoms with E-state index < -0.39 is 0 Å². The highest BCUT2D eigenvalue weighted by molar-refractivity contribution is 6.09. The zero-order valence-corrected chi connectivity index (χ0v) is 34.4. The van der Waals surface area contributed by atoms with Crippen molar-refractivity contribution in [2.24, 2.45) is 0 Å². The highest BCUT2D eigenvalue weighted by atomic mass is 16.3. The Labute approximate surface area is 366 Å². The average Bonchev–Trinajstić information content (AvgIpc) is 3.90. The molecule has 0 amide bonds. The van der Waals surface area contributed by atoms with Crippen molar-refractivity contribution >= 4 is 60.8 Å². The average molecular weight is 805 g/mol. The van der Waals surface area contributed by atoms with E-state index in [0.717, 1.165) is 72.5 Å². The Morgan fingerprint density at radius 3 is 1.56 bits per heavy atom. The Bertz CT molecular complexity index is 3570. The lowest BCUT2D eigenvalue weighted by atomic mass is 9.97. The summed E-state index contributed by atoms with van der Waals surface area (Å²) < 4.78 is 8.81. The minimum absolute atomic E-state index is 0.878. The van der Waals surface area contributed by atoms with Crippen LogP contribution in [0.4, 0.5) is 17.1 Å². The van der Waals surface area contributed by atoms with Gasteiger partial charge in [-0.05, 0) is 118 Å². The van der Waals surface area contributed by atoms with Crippen LogP contribution in [-0.4, -0.2) is 4.57 Å². The van der Waals surface area contributed by atoms with Crippen molar-refractivity contribution in [2.45, 2.75) is 0 Å². The van der Waals surface area contributed by atoms with E-state index in [1.54, 1.807) is 0 Å². The molecule has 0 atom stereocenters. The van der Waals surface area contributed by atoms with E-state index >= 15 is 0 Å². The number of aromatic nitrogens is 1. The second-order valence-electron chi connectivity index (χ2n) is 16.1. The molecule has 0 saturated heterocycles. The smallest absolute Gasteiger partial charge is 0.136 e. The second-order valence-corrected chi connectivity index (χ2v) is 16.1. The lowest BCUT2D eigenvalue weighted by Gasteiger charge is -2.28. The molecule has 0 N–H and O–H groups in total. The maximum atomic E-state index is 6.40. The molecule has 12 aromatic rings. The van der Waals surface area contributed by atoms with Gasteiger partial charge in [-0.25, -0.2) is 0 Å². The fraction of sp³-hybridized carbons (Fsp3) is 0. The lowest BCUT2D eigenvalue weighted by molar-refractivity contribution is 0.669. The van der Waals surface area contributed by atoms with Gasteiger partial charge in [0.15, 0.2) is 0 Å². The van der Waals surface area contributed by atoms with Crippen molar-refractivity contribution in [1.29, 1.82) is 0 Å². The number of benzene rings is 10. The molecule has 0 aliphatic rings. The van der Waals surface area contributed by atoms with Crippen molar-refractivity contribution in [3.8, 4) is 50.2 Å². The van der Waals surface area contributed by atoms with E-state index in [4.69, 9.17) is 4.42 Å². The Kier molecular flexibility index (Phi) is 8.83. The third kappa shape index (κ3) is 6.46. The summed E-state index contributed by atoms with van der Waals surface area (Å²) in [5.41, 5.74) is 17.7. The first-order valence-corrected chi connectivity index (χ1v) is 21.5. The number of hydrogen-bond acceptors (Lipinski definition) is 2. The lowest BCUT2D eigenvalue weighted by Crippen LogP contribution is -2.11. The molecule has 12 rings (SSSR count). The van der Waals surface area contributed by atoms with Gasteiger partial charge in [0.25, 0.3) is 0 Å². The third-order valence-electron chi connectivity index (χ3n) is 12.4. The molecule has 10 aromatic carbocycles. The van der Waals surface area contributed by atoms with Gasteiger partial charge in [0, 0.05) is 44.2 Å². The first-order valence-electron chi connectivity index (χ1n) is 21.5. The van der Waals surface area contributed by atoms with Crippen LogP contribution in [-0.2, 0) is 0 Å². The molecule has 63 heavy (non-hydrogen) atoms. The fourth-order valence-corrected chi connectivity index (χ4v) is 9.40. The van der Waals surface area contributed by atoms with Gasteiger partial charge in [-0.15, -0.1) is 0 Å². The van der Waals surface area contributed by atoms with E-state index in [2.05, 4.69) is 240 Å². The molecule has 0 aliphatic heterocycles. The van der Waals surface area contributed by atoms with Crippen molar-refractivity contribution < 1.29 is 4.42 Å². The van der Waals surface area contributed by atoms with Crippen molar-refractivity contribution in [3.05, 3.63) is 243 Å². The molecule has 0 spiro atoms. The molecule has 2 aromatic heterocycles. The highest BCUT2D eigenvalue weighted by Crippen LogP contribution is 2.44. The molecule has 296 valence electrons. The summed E-state index contributed by atoms with van der Waals surface area (Å²) in [5.74, 6) is 0. The molecule has 0 aliphatic carbocycles. The van der Waals surface area contributed by atoms with Crippen molar-refractivity contribution in [2.75, 3.05) is 4.90 Å². The minimum atomic E-state index is 0.878. The number of nitrogens with zero attached hydrogens (tertiary/aromatic N) is 2. The summed E-state index contributed by atoms with van der Waals surface area (Å²) in [7, 11) is 0. The summed E-state index contributed by atoms with van der Waals surface area (Å²) >= 11 is 0. The summed E-state index contributed by atoms with van der Waals surface area (Å²) in [4.78, 5) is 2.39. The molecule has 2 heterocycles. The number of fused-ring (bicyclic) bond motifs is 6. The van der Waals surface area contributed by atoms with E-state index in [9.17, 15) is 0 Å². The molecule has 0 bridgehead atoms. The van der Waals surface area contributed by atoms with Crippen LogP contribution < -0.4 is 4.90 Å². The number of furan rings is 1. The predicted octanol–water partition coefficient (Wildman–Crippen LogP) is 16.8. The van der Waals surface area contributed by atoms with Crippen LogP contribution in [0.1, 0.15) is 0 Å². The molecular formula is C60H40N2O. The fourth-order valence-electron chi connectivity index (χ4n) is 9.40. The van der Waals surface area contributed by atoms with Crippen molar-refractivity contribution in [1.82, 2.24) is 4.57 Å². The molecule has 0 radical (unpaired) electrons. The highest BCUT2D eigenvalue weighted by Gasteiger charge is 2.20. The molecule has 3 heteroatoms. The first-order chi connectivity index (χ1) is 31.2. The topological polar surface area (TPSA) is 21.3 Å². The van der Waals surface area contributed by atoms with E-state index in [0.29, 0.717) is 0 Å². The first kappa shape index (κ1) is 36.5. The summed E-state index contributed by atoms with van der Waals surface area (Å²) in [6, 6.07) is 87.2. The predicted molar refractivity (Wildman–Crippen MR) is 264 cm³/mol. The number of rotatable bonds is 8. The molecular weight excluding hydrogens is 765 g/mol. The van der Waals surface area contributed by atoms with Gasteiger partial charge in [-0.2, -0.15) is 0 Å². The summed E-state index contributed by atoms with van der Waals surface area (Å²) in [6.07, 6.45) is 0. The minimum Gasteiger partial charge on any atom is -0.456 e. The van der Waals surface area contributed by atoms with Gasteiger partial charge in [-0.1, -0.05) is 164 Å². The second kappa shape index (κ2) is 15.3. The van der Waals surface area contributed by atoms with Gasteiger partial charge in [-0.3, -0.25) is 0 Å². The standard InChI is InChI=1S/C60H40N2O/c1-3-16-41(17-4-1)44-20-15-21-49(37-44)61(56-26-11-7-22-51(56)45-32-35-55-54-25-10-14-29-59(54)63-60(55)40-45)48-33-30-43(31-34-48)47-36-46(42-18-5-2-6-19-42)38-50(39-47)62-57-27-12-8-23-52(57)53-24-9-13-28-58(53)62/h1-40H. The van der Waals surface area contributed by atoms with Crippen LogP contribution in [0.15, 0.2) is 247 Å². The van der Waals surface area contributed by atoms with Crippen LogP contribution in [0.25, 0.3) is 93.9 Å². The Hall–Kier alpha value is -8.40. The van der Waals surface area contributed by atoms with E-state index in [1.165, 1.54) is 38.5 Å². The van der Waals surface area contributed by atoms with Gasteiger partial charge < -0.3 is 13.9 Å². The largest absolute Gasteiger partial charge is 0.456 e. The van der Waals surface area contributed by atoms with E-state index in [-0.39, 0.29) is 0 Å². The van der Waals surface area contributed by atoms with Crippen LogP contribution in [0.3, 0.4) is 0 Å². The third-order valence-corrected chi connectivity index (χ3v) is 12.4. The Morgan fingerprint density at radius 1 is 0.302 bits per heavy atom. The maximum absolute atomic E-state index is 6.40. The zero-order chi connectivity index (χ0) is 41.7. The maximum Gasteiger partial charge on any atom is 0.136 e. The Morgan fingerprint density at radius 2 is 0.841 bits per heavy atom. The SMILES string of the molecule is c1ccc(-c2cccc(N(c3ccc(-c4cc(-c5ccccc5)cc(-n5c6ccccc6c6ccccc65)c4)cc3)c3ccccc3-c3ccc4c(c3)oc3ccccc34)c2)cc1. The molecule has 3 nitrogen and oxygen atoms in total. The number of hydrogen-bond donors (Lipinski definition) is 0. The van der Waals surface area contributed by atoms with Gasteiger partial charge in [0.05, 0.1) is 16.7 Å². The van der Waals surface area contributed by atoms with E-state index in [1.807, 2.05) is 12.1 Å². The van der Waals surface area contributed by atoms with Gasteiger partial charge in [0.1, 0.15) is 11.2 Å². The summed E-state index contributed by atoms with van der Waals surface area (Å²) in [6.45, 7) is 0. The molecule has 0 fully saturated rings. The Balaban J connectivity index is 1.02. The zero-order valence-electron chi connectivity index (χ0n) is 34.4.